The molecule has 1 unspecified atom stereocenters. The molecule has 0 radical (unpaired) electrons. The maximum absolute atomic E-state index is 12.9. The number of ether oxygens (including phenoxy) is 1. The standard InChI is InChI=1S/C23H28N2O3/c1-23(2,3)28-22(27)25-16-19(14-17-10-6-4-7-11-17)24-21(26)20(25)15-18-12-8-5-9-13-18/h4-13,19-20H,14-16H2,1-3H3,(H,24,26)/t19?,20-/m0/s1. The number of amides is 2. The molecule has 0 saturated carbocycles. The highest BCUT2D eigenvalue weighted by Crippen LogP contribution is 2.20. The largest absolute Gasteiger partial charge is 0.444 e. The van der Waals surface area contributed by atoms with E-state index >= 15 is 0 Å². The highest BCUT2D eigenvalue weighted by atomic mass is 16.6. The SMILES string of the molecule is CC(C)(C)OC(=O)N1CC(Cc2ccccc2)NC(=O)[C@@H]1Cc1ccccc1. The Morgan fingerprint density at radius 2 is 1.54 bits per heavy atom. The second-order valence-corrected chi connectivity index (χ2v) is 8.23. The summed E-state index contributed by atoms with van der Waals surface area (Å²) in [7, 11) is 0. The van der Waals surface area contributed by atoms with E-state index in [1.807, 2.05) is 81.4 Å². The molecule has 0 aliphatic carbocycles. The summed E-state index contributed by atoms with van der Waals surface area (Å²) < 4.78 is 5.60. The molecule has 1 N–H and O–H groups in total. The fraction of sp³-hybridized carbons (Fsp3) is 0.391. The van der Waals surface area contributed by atoms with Gasteiger partial charge in [-0.2, -0.15) is 0 Å². The topological polar surface area (TPSA) is 58.6 Å². The Bertz CT molecular complexity index is 800. The lowest BCUT2D eigenvalue weighted by Crippen LogP contribution is -2.63. The average molecular weight is 380 g/mol. The minimum Gasteiger partial charge on any atom is -0.444 e. The summed E-state index contributed by atoms with van der Waals surface area (Å²) in [5.41, 5.74) is 1.52. The predicted octanol–water partition coefficient (Wildman–Crippen LogP) is 3.58. The second kappa shape index (κ2) is 8.46. The Kier molecular flexibility index (Phi) is 6.02. The molecule has 2 aromatic rings. The third-order valence-corrected chi connectivity index (χ3v) is 4.67. The molecule has 28 heavy (non-hydrogen) atoms. The molecule has 2 amide bonds. The summed E-state index contributed by atoms with van der Waals surface area (Å²) in [5.74, 6) is -0.137. The van der Waals surface area contributed by atoms with Crippen LogP contribution in [0.5, 0.6) is 0 Å². The predicted molar refractivity (Wildman–Crippen MR) is 109 cm³/mol. The quantitative estimate of drug-likeness (QED) is 0.882. The van der Waals surface area contributed by atoms with Crippen LogP contribution in [0.4, 0.5) is 4.79 Å². The number of hydrogen-bond acceptors (Lipinski definition) is 3. The number of piperazine rings is 1. The van der Waals surface area contributed by atoms with Crippen molar-refractivity contribution in [1.29, 1.82) is 0 Å². The maximum Gasteiger partial charge on any atom is 0.411 e. The molecule has 0 spiro atoms. The molecule has 148 valence electrons. The maximum atomic E-state index is 12.9. The van der Waals surface area contributed by atoms with Crippen molar-refractivity contribution in [3.05, 3.63) is 71.8 Å². The van der Waals surface area contributed by atoms with Gasteiger partial charge in [-0.15, -0.1) is 0 Å². The van der Waals surface area contributed by atoms with Gasteiger partial charge in [0, 0.05) is 13.0 Å². The zero-order chi connectivity index (χ0) is 20.1. The van der Waals surface area contributed by atoms with Crippen LogP contribution in [0.15, 0.2) is 60.7 Å². The number of benzene rings is 2. The Morgan fingerprint density at radius 1 is 1.00 bits per heavy atom. The highest BCUT2D eigenvalue weighted by molar-refractivity contribution is 5.87. The average Bonchev–Trinajstić information content (AvgIpc) is 2.64. The molecule has 2 atom stereocenters. The normalized spacial score (nSPS) is 19.8. The Hall–Kier alpha value is -2.82. The van der Waals surface area contributed by atoms with Gasteiger partial charge in [0.15, 0.2) is 0 Å². The van der Waals surface area contributed by atoms with E-state index in [4.69, 9.17) is 4.74 Å². The van der Waals surface area contributed by atoms with E-state index in [1.54, 1.807) is 4.90 Å². The molecule has 1 aliphatic heterocycles. The van der Waals surface area contributed by atoms with Gasteiger partial charge in [-0.05, 0) is 38.3 Å². The van der Waals surface area contributed by atoms with Crippen LogP contribution in [0.3, 0.4) is 0 Å². The summed E-state index contributed by atoms with van der Waals surface area (Å²) in [6.07, 6.45) is 0.690. The van der Waals surface area contributed by atoms with Crippen molar-refractivity contribution >= 4 is 12.0 Å². The van der Waals surface area contributed by atoms with Crippen molar-refractivity contribution in [2.75, 3.05) is 6.54 Å². The molecule has 5 nitrogen and oxygen atoms in total. The molecule has 3 rings (SSSR count). The first-order chi connectivity index (χ1) is 13.3. The van der Waals surface area contributed by atoms with Crippen LogP contribution in [0.1, 0.15) is 31.9 Å². The van der Waals surface area contributed by atoms with Gasteiger partial charge in [-0.3, -0.25) is 9.69 Å². The number of rotatable bonds is 4. The van der Waals surface area contributed by atoms with Gasteiger partial charge >= 0.3 is 6.09 Å². The van der Waals surface area contributed by atoms with Crippen molar-refractivity contribution < 1.29 is 14.3 Å². The van der Waals surface area contributed by atoms with Crippen LogP contribution in [0.25, 0.3) is 0 Å². The Morgan fingerprint density at radius 3 is 2.07 bits per heavy atom. The number of carbonyl (C=O) groups is 2. The van der Waals surface area contributed by atoms with Crippen LogP contribution in [-0.2, 0) is 22.4 Å². The fourth-order valence-electron chi connectivity index (χ4n) is 3.43. The van der Waals surface area contributed by atoms with Gasteiger partial charge in [0.1, 0.15) is 11.6 Å². The highest BCUT2D eigenvalue weighted by Gasteiger charge is 2.39. The van der Waals surface area contributed by atoms with Crippen molar-refractivity contribution in [3.8, 4) is 0 Å². The minimum absolute atomic E-state index is 0.137. The van der Waals surface area contributed by atoms with Gasteiger partial charge in [0.25, 0.3) is 0 Å². The molecule has 1 aliphatic rings. The fourth-order valence-corrected chi connectivity index (χ4v) is 3.43. The van der Waals surface area contributed by atoms with E-state index in [1.165, 1.54) is 0 Å². The minimum atomic E-state index is -0.614. The van der Waals surface area contributed by atoms with Crippen LogP contribution >= 0.6 is 0 Å². The van der Waals surface area contributed by atoms with Crippen LogP contribution in [-0.4, -0.2) is 41.1 Å². The third-order valence-electron chi connectivity index (χ3n) is 4.67. The summed E-state index contributed by atoms with van der Waals surface area (Å²) in [5, 5.41) is 3.09. The van der Waals surface area contributed by atoms with Crippen molar-refractivity contribution in [1.82, 2.24) is 10.2 Å². The number of nitrogens with one attached hydrogen (secondary N) is 1. The van der Waals surface area contributed by atoms with Gasteiger partial charge in [0.05, 0.1) is 6.04 Å². The summed E-state index contributed by atoms with van der Waals surface area (Å²) in [4.78, 5) is 27.4. The molecule has 1 heterocycles. The monoisotopic (exact) mass is 380 g/mol. The van der Waals surface area contributed by atoms with E-state index in [-0.39, 0.29) is 11.9 Å². The molecular formula is C23H28N2O3. The summed E-state index contributed by atoms with van der Waals surface area (Å²) in [6, 6.07) is 19.0. The second-order valence-electron chi connectivity index (χ2n) is 8.23. The number of nitrogens with zero attached hydrogens (tertiary/aromatic N) is 1. The smallest absolute Gasteiger partial charge is 0.411 e. The third kappa shape index (κ3) is 5.35. The molecule has 1 saturated heterocycles. The molecule has 5 heteroatoms. The Balaban J connectivity index is 1.80. The zero-order valence-electron chi connectivity index (χ0n) is 16.7. The first-order valence-electron chi connectivity index (χ1n) is 9.70. The lowest BCUT2D eigenvalue weighted by atomic mass is 9.97. The number of carbonyl (C=O) groups excluding carboxylic acids is 2. The van der Waals surface area contributed by atoms with Gasteiger partial charge in [-0.1, -0.05) is 60.7 Å². The van der Waals surface area contributed by atoms with E-state index in [0.717, 1.165) is 11.1 Å². The van der Waals surface area contributed by atoms with E-state index in [0.29, 0.717) is 19.4 Å². The van der Waals surface area contributed by atoms with Gasteiger partial charge < -0.3 is 10.1 Å². The van der Waals surface area contributed by atoms with E-state index < -0.39 is 17.7 Å². The molecule has 1 fully saturated rings. The number of hydrogen-bond donors (Lipinski definition) is 1. The van der Waals surface area contributed by atoms with E-state index in [2.05, 4.69) is 5.32 Å². The Labute approximate surface area is 166 Å². The lowest BCUT2D eigenvalue weighted by molar-refractivity contribution is -0.130. The lowest BCUT2D eigenvalue weighted by Gasteiger charge is -2.40. The first-order valence-corrected chi connectivity index (χ1v) is 9.70. The van der Waals surface area contributed by atoms with Crippen LogP contribution < -0.4 is 5.32 Å². The van der Waals surface area contributed by atoms with Crippen LogP contribution in [0.2, 0.25) is 0 Å². The molecule has 2 aromatic carbocycles. The summed E-state index contributed by atoms with van der Waals surface area (Å²) >= 11 is 0. The van der Waals surface area contributed by atoms with Crippen molar-refractivity contribution in [2.24, 2.45) is 0 Å². The van der Waals surface area contributed by atoms with Crippen molar-refractivity contribution in [3.63, 3.8) is 0 Å². The first kappa shape index (κ1) is 19.9. The van der Waals surface area contributed by atoms with Crippen molar-refractivity contribution in [2.45, 2.75) is 51.3 Å². The van der Waals surface area contributed by atoms with E-state index in [9.17, 15) is 9.59 Å². The van der Waals surface area contributed by atoms with Gasteiger partial charge in [-0.25, -0.2) is 4.79 Å². The summed E-state index contributed by atoms with van der Waals surface area (Å²) in [6.45, 7) is 5.93. The molecular weight excluding hydrogens is 352 g/mol. The molecule has 0 aromatic heterocycles. The van der Waals surface area contributed by atoms with Crippen LogP contribution in [0, 0.1) is 0 Å². The van der Waals surface area contributed by atoms with Gasteiger partial charge in [0.2, 0.25) is 5.91 Å². The zero-order valence-corrected chi connectivity index (χ0v) is 16.7. The molecule has 0 bridgehead atoms.